The summed E-state index contributed by atoms with van der Waals surface area (Å²) in [5, 5.41) is 7.08. The predicted octanol–water partition coefficient (Wildman–Crippen LogP) is 1.35. The second kappa shape index (κ2) is 3.41. The Morgan fingerprint density at radius 2 is 1.94 bits per heavy atom. The first-order valence-corrected chi connectivity index (χ1v) is 6.40. The molecule has 1 heterocycles. The number of rotatable bonds is 0. The fourth-order valence-electron chi connectivity index (χ4n) is 3.43. The van der Waals surface area contributed by atoms with Crippen molar-refractivity contribution in [3.8, 4) is 0 Å². The zero-order chi connectivity index (χ0) is 11.2. The molecule has 0 aromatic carbocycles. The summed E-state index contributed by atoms with van der Waals surface area (Å²) in [4.78, 5) is 12.1. The van der Waals surface area contributed by atoms with Gasteiger partial charge in [-0.15, -0.1) is 0 Å². The molecular weight excluding hydrogens is 200 g/mol. The highest BCUT2D eigenvalue weighted by molar-refractivity contribution is 5.89. The average Bonchev–Trinajstić information content (AvgIpc) is 2.71. The van der Waals surface area contributed by atoms with Gasteiger partial charge in [0.25, 0.3) is 0 Å². The van der Waals surface area contributed by atoms with Crippen LogP contribution in [0.2, 0.25) is 0 Å². The van der Waals surface area contributed by atoms with Gasteiger partial charge in [0.2, 0.25) is 0 Å². The normalized spacial score (nSPS) is 37.3. The van der Waals surface area contributed by atoms with Gasteiger partial charge in [0, 0.05) is 24.9 Å². The molecule has 0 aromatic heterocycles. The Bertz CT molecular complexity index is 355. The third kappa shape index (κ3) is 1.38. The third-order valence-corrected chi connectivity index (χ3v) is 4.62. The number of ketones is 1. The molecular formula is C13H20N2O. The molecule has 3 aliphatic rings. The van der Waals surface area contributed by atoms with E-state index in [2.05, 4.69) is 23.6 Å². The number of carbonyl (C=O) groups is 1. The van der Waals surface area contributed by atoms with Crippen molar-refractivity contribution < 1.29 is 4.79 Å². The molecule has 0 bridgehead atoms. The molecule has 3 nitrogen and oxygen atoms in total. The highest BCUT2D eigenvalue weighted by Crippen LogP contribution is 2.46. The van der Waals surface area contributed by atoms with Gasteiger partial charge in [-0.2, -0.15) is 0 Å². The van der Waals surface area contributed by atoms with E-state index in [9.17, 15) is 4.79 Å². The minimum Gasteiger partial charge on any atom is -0.299 e. The average molecular weight is 220 g/mol. The number of carbonyl (C=O) groups excluding carboxylic acids is 1. The Kier molecular flexibility index (Phi) is 2.23. The number of Topliss-reactive ketones (excluding diaryl/α,β-unsaturated/α-hetero) is 1. The molecule has 1 atom stereocenters. The van der Waals surface area contributed by atoms with Gasteiger partial charge in [-0.3, -0.25) is 15.4 Å². The molecule has 1 spiro atoms. The third-order valence-electron chi connectivity index (χ3n) is 4.62. The SMILES string of the molecule is C[C@]12CCC3(C=C1CCCC2=O)NCCN3. The van der Waals surface area contributed by atoms with Crippen molar-refractivity contribution in [2.45, 2.75) is 44.7 Å². The van der Waals surface area contributed by atoms with E-state index >= 15 is 0 Å². The van der Waals surface area contributed by atoms with E-state index < -0.39 is 0 Å². The lowest BCUT2D eigenvalue weighted by atomic mass is 9.63. The topological polar surface area (TPSA) is 41.1 Å². The molecule has 0 amide bonds. The molecule has 0 unspecified atom stereocenters. The summed E-state index contributed by atoms with van der Waals surface area (Å²) in [6, 6.07) is 0. The van der Waals surface area contributed by atoms with Crippen LogP contribution in [0.3, 0.4) is 0 Å². The van der Waals surface area contributed by atoms with Crippen LogP contribution < -0.4 is 10.6 Å². The standard InChI is InChI=1S/C13H20N2O/c1-12-5-6-13(14-7-8-15-13)9-10(12)3-2-4-11(12)16/h9,14-15H,2-8H2,1H3/t12-/m0/s1. The van der Waals surface area contributed by atoms with E-state index in [0.717, 1.165) is 45.2 Å². The maximum absolute atomic E-state index is 12.1. The second-order valence-corrected chi connectivity index (χ2v) is 5.60. The van der Waals surface area contributed by atoms with Crippen molar-refractivity contribution in [3.63, 3.8) is 0 Å². The Hall–Kier alpha value is -0.670. The van der Waals surface area contributed by atoms with Crippen LogP contribution in [0.25, 0.3) is 0 Å². The number of hydrogen-bond donors (Lipinski definition) is 2. The van der Waals surface area contributed by atoms with E-state index in [1.807, 2.05) is 0 Å². The van der Waals surface area contributed by atoms with E-state index in [4.69, 9.17) is 0 Å². The van der Waals surface area contributed by atoms with Crippen LogP contribution in [-0.2, 0) is 4.79 Å². The van der Waals surface area contributed by atoms with Gasteiger partial charge in [0.1, 0.15) is 5.78 Å². The first kappa shape index (κ1) is 10.5. The van der Waals surface area contributed by atoms with Crippen LogP contribution in [0.1, 0.15) is 39.0 Å². The molecule has 1 saturated heterocycles. The summed E-state index contributed by atoms with van der Waals surface area (Å²) >= 11 is 0. The zero-order valence-electron chi connectivity index (χ0n) is 9.94. The lowest BCUT2D eigenvalue weighted by Crippen LogP contribution is -2.53. The molecule has 3 heteroatoms. The van der Waals surface area contributed by atoms with Gasteiger partial charge in [0.15, 0.2) is 0 Å². The molecule has 88 valence electrons. The predicted molar refractivity (Wildman–Crippen MR) is 63.0 cm³/mol. The van der Waals surface area contributed by atoms with Crippen LogP contribution >= 0.6 is 0 Å². The molecule has 0 radical (unpaired) electrons. The van der Waals surface area contributed by atoms with Crippen molar-refractivity contribution in [1.82, 2.24) is 10.6 Å². The maximum Gasteiger partial charge on any atom is 0.142 e. The van der Waals surface area contributed by atoms with Crippen LogP contribution in [-0.4, -0.2) is 24.5 Å². The quantitative estimate of drug-likeness (QED) is 0.606. The van der Waals surface area contributed by atoms with E-state index in [0.29, 0.717) is 5.78 Å². The molecule has 1 saturated carbocycles. The molecule has 2 aliphatic carbocycles. The van der Waals surface area contributed by atoms with Crippen molar-refractivity contribution in [3.05, 3.63) is 11.6 Å². The summed E-state index contributed by atoms with van der Waals surface area (Å²) in [6.45, 7) is 4.21. The van der Waals surface area contributed by atoms with Crippen LogP contribution in [0, 0.1) is 5.41 Å². The fraction of sp³-hybridized carbons (Fsp3) is 0.769. The van der Waals surface area contributed by atoms with Crippen LogP contribution in [0.4, 0.5) is 0 Å². The van der Waals surface area contributed by atoms with Crippen molar-refractivity contribution in [2.75, 3.05) is 13.1 Å². The monoisotopic (exact) mass is 220 g/mol. The fourth-order valence-corrected chi connectivity index (χ4v) is 3.43. The Morgan fingerprint density at radius 3 is 2.69 bits per heavy atom. The molecule has 2 fully saturated rings. The number of fused-ring (bicyclic) bond motifs is 1. The van der Waals surface area contributed by atoms with Crippen LogP contribution in [0.15, 0.2) is 11.6 Å². The number of allylic oxidation sites excluding steroid dienone is 1. The molecule has 3 rings (SSSR count). The van der Waals surface area contributed by atoms with Crippen molar-refractivity contribution >= 4 is 5.78 Å². The summed E-state index contributed by atoms with van der Waals surface area (Å²) in [6.07, 6.45) is 7.28. The second-order valence-electron chi connectivity index (χ2n) is 5.60. The first-order valence-electron chi connectivity index (χ1n) is 6.40. The first-order chi connectivity index (χ1) is 7.65. The highest BCUT2D eigenvalue weighted by atomic mass is 16.1. The molecule has 16 heavy (non-hydrogen) atoms. The minimum atomic E-state index is -0.143. The lowest BCUT2D eigenvalue weighted by molar-refractivity contribution is -0.128. The molecule has 2 N–H and O–H groups in total. The van der Waals surface area contributed by atoms with Gasteiger partial charge >= 0.3 is 0 Å². The van der Waals surface area contributed by atoms with Gasteiger partial charge < -0.3 is 0 Å². The minimum absolute atomic E-state index is 0.00641. The number of nitrogens with one attached hydrogen (secondary N) is 2. The lowest BCUT2D eigenvalue weighted by Gasteiger charge is -2.44. The Morgan fingerprint density at radius 1 is 1.19 bits per heavy atom. The number of hydrogen-bond acceptors (Lipinski definition) is 3. The largest absolute Gasteiger partial charge is 0.299 e. The highest BCUT2D eigenvalue weighted by Gasteiger charge is 2.46. The maximum atomic E-state index is 12.1. The van der Waals surface area contributed by atoms with Gasteiger partial charge in [0.05, 0.1) is 5.66 Å². The van der Waals surface area contributed by atoms with Crippen molar-refractivity contribution in [2.24, 2.45) is 5.41 Å². The van der Waals surface area contributed by atoms with Gasteiger partial charge in [-0.25, -0.2) is 0 Å². The zero-order valence-corrected chi connectivity index (χ0v) is 9.94. The molecule has 1 aliphatic heterocycles. The Balaban J connectivity index is 1.96. The van der Waals surface area contributed by atoms with Gasteiger partial charge in [-0.1, -0.05) is 5.57 Å². The summed E-state index contributed by atoms with van der Waals surface area (Å²) < 4.78 is 0. The van der Waals surface area contributed by atoms with Crippen molar-refractivity contribution in [1.29, 1.82) is 0 Å². The van der Waals surface area contributed by atoms with Crippen LogP contribution in [0.5, 0.6) is 0 Å². The smallest absolute Gasteiger partial charge is 0.142 e. The summed E-state index contributed by atoms with van der Waals surface area (Å²) in [7, 11) is 0. The summed E-state index contributed by atoms with van der Waals surface area (Å²) in [5.74, 6) is 0.456. The molecule has 0 aromatic rings. The van der Waals surface area contributed by atoms with Gasteiger partial charge in [-0.05, 0) is 38.7 Å². The van der Waals surface area contributed by atoms with E-state index in [-0.39, 0.29) is 11.1 Å². The Labute approximate surface area is 96.7 Å². The van der Waals surface area contributed by atoms with E-state index in [1.54, 1.807) is 0 Å². The van der Waals surface area contributed by atoms with E-state index in [1.165, 1.54) is 5.57 Å². The summed E-state index contributed by atoms with van der Waals surface area (Å²) in [5.41, 5.74) is 1.24.